The normalized spacial score (nSPS) is 13.5. The summed E-state index contributed by atoms with van der Waals surface area (Å²) in [7, 11) is 0. The van der Waals surface area contributed by atoms with Crippen molar-refractivity contribution in [2.24, 2.45) is 11.8 Å². The van der Waals surface area contributed by atoms with E-state index in [9.17, 15) is 14.7 Å². The van der Waals surface area contributed by atoms with Crippen molar-refractivity contribution in [2.75, 3.05) is 6.54 Å². The molecule has 3 N–H and O–H groups in total. The zero-order valence-electron chi connectivity index (χ0n) is 16.1. The molecule has 0 radical (unpaired) electrons. The van der Waals surface area contributed by atoms with Gasteiger partial charge in [-0.3, -0.25) is 9.59 Å². The first-order valence-corrected chi connectivity index (χ1v) is 9.68. The lowest BCUT2D eigenvalue weighted by Crippen LogP contribution is -2.49. The molecule has 0 heterocycles. The minimum absolute atomic E-state index is 0.155. The van der Waals surface area contributed by atoms with Gasteiger partial charge in [0.05, 0.1) is 6.10 Å². The lowest BCUT2D eigenvalue weighted by molar-refractivity contribution is -0.124. The molecule has 146 valence electrons. The number of amides is 2. The fraction of sp³-hybridized carbons (Fsp3) is 0.600. The van der Waals surface area contributed by atoms with E-state index in [0.29, 0.717) is 17.0 Å². The molecular weight excluding hydrogens is 352 g/mol. The second-order valence-corrected chi connectivity index (χ2v) is 7.49. The molecule has 0 aromatic heterocycles. The summed E-state index contributed by atoms with van der Waals surface area (Å²) < 4.78 is 0. The van der Waals surface area contributed by atoms with Gasteiger partial charge in [-0.25, -0.2) is 0 Å². The monoisotopic (exact) mass is 382 g/mol. The van der Waals surface area contributed by atoms with Gasteiger partial charge in [0, 0.05) is 17.1 Å². The van der Waals surface area contributed by atoms with Crippen LogP contribution in [0, 0.1) is 11.8 Å². The van der Waals surface area contributed by atoms with Gasteiger partial charge < -0.3 is 15.7 Å². The Hall–Kier alpha value is -1.59. The van der Waals surface area contributed by atoms with Crippen LogP contribution < -0.4 is 10.6 Å². The Morgan fingerprint density at radius 1 is 1.12 bits per heavy atom. The van der Waals surface area contributed by atoms with Crippen molar-refractivity contribution >= 4 is 23.4 Å². The predicted octanol–water partition coefficient (Wildman–Crippen LogP) is 3.40. The van der Waals surface area contributed by atoms with Crippen molar-refractivity contribution < 1.29 is 14.7 Å². The van der Waals surface area contributed by atoms with Crippen molar-refractivity contribution in [3.8, 4) is 0 Å². The molecule has 2 amide bonds. The van der Waals surface area contributed by atoms with Crippen molar-refractivity contribution in [3.63, 3.8) is 0 Å². The standard InChI is InChI=1S/C20H31ClN2O3/c1-5-14(6-2)18(24)12-22-20(26)17(11-13(3)4)23-19(25)15-7-9-16(21)10-8-15/h7-10,13-14,17-18,24H,5-6,11-12H2,1-4H3,(H,22,26)(H,23,25). The maximum absolute atomic E-state index is 12.5. The molecular formula is C20H31ClN2O3. The Labute approximate surface area is 161 Å². The molecule has 0 spiro atoms. The van der Waals surface area contributed by atoms with Gasteiger partial charge >= 0.3 is 0 Å². The third kappa shape index (κ3) is 7.34. The fourth-order valence-corrected chi connectivity index (χ4v) is 3.00. The quantitative estimate of drug-likeness (QED) is 0.580. The molecule has 5 nitrogen and oxygen atoms in total. The summed E-state index contributed by atoms with van der Waals surface area (Å²) in [6, 6.07) is 5.88. The zero-order valence-corrected chi connectivity index (χ0v) is 16.8. The number of benzene rings is 1. The number of carbonyl (C=O) groups excluding carboxylic acids is 2. The Balaban J connectivity index is 2.71. The van der Waals surface area contributed by atoms with Gasteiger partial charge in [0.2, 0.25) is 5.91 Å². The fourth-order valence-electron chi connectivity index (χ4n) is 2.87. The summed E-state index contributed by atoms with van der Waals surface area (Å²) in [6.07, 6.45) is 1.65. The average Bonchev–Trinajstić information content (AvgIpc) is 2.60. The van der Waals surface area contributed by atoms with E-state index in [-0.39, 0.29) is 30.2 Å². The molecule has 0 aliphatic heterocycles. The van der Waals surface area contributed by atoms with Crippen molar-refractivity contribution in [1.29, 1.82) is 0 Å². The molecule has 1 aromatic rings. The SMILES string of the molecule is CCC(CC)C(O)CNC(=O)C(CC(C)C)NC(=O)c1ccc(Cl)cc1. The van der Waals surface area contributed by atoms with E-state index in [1.165, 1.54) is 0 Å². The minimum Gasteiger partial charge on any atom is -0.391 e. The van der Waals surface area contributed by atoms with Crippen LogP contribution in [0.2, 0.25) is 5.02 Å². The van der Waals surface area contributed by atoms with Gasteiger partial charge in [-0.05, 0) is 42.5 Å². The Kier molecular flexibility index (Phi) is 9.66. The van der Waals surface area contributed by atoms with E-state index in [4.69, 9.17) is 11.6 Å². The average molecular weight is 383 g/mol. The van der Waals surface area contributed by atoms with E-state index in [2.05, 4.69) is 10.6 Å². The predicted molar refractivity (Wildman–Crippen MR) is 105 cm³/mol. The molecule has 0 bridgehead atoms. The van der Waals surface area contributed by atoms with Gasteiger partial charge in [0.15, 0.2) is 0 Å². The van der Waals surface area contributed by atoms with Crippen LogP contribution in [0.5, 0.6) is 0 Å². The third-order valence-electron chi connectivity index (χ3n) is 4.51. The number of hydrogen-bond acceptors (Lipinski definition) is 3. The van der Waals surface area contributed by atoms with Crippen molar-refractivity contribution in [1.82, 2.24) is 10.6 Å². The molecule has 0 aliphatic rings. The smallest absolute Gasteiger partial charge is 0.251 e. The largest absolute Gasteiger partial charge is 0.391 e. The molecule has 2 unspecified atom stereocenters. The highest BCUT2D eigenvalue weighted by molar-refractivity contribution is 6.30. The molecule has 1 aromatic carbocycles. The van der Waals surface area contributed by atoms with Crippen LogP contribution in [0.1, 0.15) is 57.3 Å². The summed E-state index contributed by atoms with van der Waals surface area (Å²) in [6.45, 7) is 8.22. The second-order valence-electron chi connectivity index (χ2n) is 7.05. The Bertz CT molecular complexity index is 571. The van der Waals surface area contributed by atoms with E-state index >= 15 is 0 Å². The molecule has 0 aliphatic carbocycles. The minimum atomic E-state index is -0.646. The Morgan fingerprint density at radius 2 is 1.69 bits per heavy atom. The zero-order chi connectivity index (χ0) is 19.7. The topological polar surface area (TPSA) is 78.4 Å². The second kappa shape index (κ2) is 11.2. The molecule has 0 saturated carbocycles. The van der Waals surface area contributed by atoms with Gasteiger partial charge in [0.25, 0.3) is 5.91 Å². The first-order chi connectivity index (χ1) is 12.3. The number of hydrogen-bond donors (Lipinski definition) is 3. The molecule has 0 fully saturated rings. The molecule has 26 heavy (non-hydrogen) atoms. The van der Waals surface area contributed by atoms with Crippen LogP contribution in [-0.4, -0.2) is 35.6 Å². The van der Waals surface area contributed by atoms with E-state index in [1.54, 1.807) is 24.3 Å². The number of halogens is 1. The highest BCUT2D eigenvalue weighted by atomic mass is 35.5. The first kappa shape index (κ1) is 22.5. The van der Waals surface area contributed by atoms with E-state index < -0.39 is 12.1 Å². The molecule has 2 atom stereocenters. The van der Waals surface area contributed by atoms with Gasteiger partial charge in [-0.1, -0.05) is 52.1 Å². The maximum Gasteiger partial charge on any atom is 0.251 e. The van der Waals surface area contributed by atoms with Gasteiger partial charge in [-0.2, -0.15) is 0 Å². The number of nitrogens with one attached hydrogen (secondary N) is 2. The van der Waals surface area contributed by atoms with Crippen LogP contribution in [-0.2, 0) is 4.79 Å². The van der Waals surface area contributed by atoms with Crippen LogP contribution in [0.15, 0.2) is 24.3 Å². The number of carbonyl (C=O) groups is 2. The lowest BCUT2D eigenvalue weighted by atomic mass is 9.96. The van der Waals surface area contributed by atoms with Crippen LogP contribution >= 0.6 is 11.6 Å². The molecule has 1 rings (SSSR count). The van der Waals surface area contributed by atoms with Crippen LogP contribution in [0.25, 0.3) is 0 Å². The molecule has 0 saturated heterocycles. The number of rotatable bonds is 10. The summed E-state index contributed by atoms with van der Waals surface area (Å²) in [5, 5.41) is 16.3. The number of aliphatic hydroxyl groups excluding tert-OH is 1. The number of aliphatic hydroxyl groups is 1. The highest BCUT2D eigenvalue weighted by Crippen LogP contribution is 2.13. The van der Waals surface area contributed by atoms with Crippen molar-refractivity contribution in [2.45, 2.75) is 59.1 Å². The summed E-state index contributed by atoms with van der Waals surface area (Å²) in [5.41, 5.74) is 0.452. The van der Waals surface area contributed by atoms with E-state index in [1.807, 2.05) is 27.7 Å². The summed E-state index contributed by atoms with van der Waals surface area (Å²) in [4.78, 5) is 25.0. The van der Waals surface area contributed by atoms with Crippen LogP contribution in [0.3, 0.4) is 0 Å². The first-order valence-electron chi connectivity index (χ1n) is 9.30. The highest BCUT2D eigenvalue weighted by Gasteiger charge is 2.24. The molecule has 6 heteroatoms. The van der Waals surface area contributed by atoms with Gasteiger partial charge in [-0.15, -0.1) is 0 Å². The van der Waals surface area contributed by atoms with Crippen LogP contribution in [0.4, 0.5) is 0 Å². The summed E-state index contributed by atoms with van der Waals surface area (Å²) in [5.74, 6) is -0.197. The maximum atomic E-state index is 12.5. The van der Waals surface area contributed by atoms with Crippen molar-refractivity contribution in [3.05, 3.63) is 34.9 Å². The van der Waals surface area contributed by atoms with E-state index in [0.717, 1.165) is 12.8 Å². The third-order valence-corrected chi connectivity index (χ3v) is 4.77. The lowest BCUT2D eigenvalue weighted by Gasteiger charge is -2.24. The summed E-state index contributed by atoms with van der Waals surface area (Å²) >= 11 is 5.84. The Morgan fingerprint density at radius 3 is 2.19 bits per heavy atom. The van der Waals surface area contributed by atoms with Gasteiger partial charge in [0.1, 0.15) is 6.04 Å².